The molecule has 0 saturated heterocycles. The molecule has 16 heavy (non-hydrogen) atoms. The molecule has 2 aromatic heterocycles. The Morgan fingerprint density at radius 1 is 1.06 bits per heavy atom. The highest BCUT2D eigenvalue weighted by atomic mass is 16.3. The van der Waals surface area contributed by atoms with E-state index in [9.17, 15) is 5.11 Å². The average Bonchev–Trinajstić information content (AvgIpc) is 2.83. The van der Waals surface area contributed by atoms with Gasteiger partial charge in [-0.2, -0.15) is 5.10 Å². The van der Waals surface area contributed by atoms with Gasteiger partial charge in [0.05, 0.1) is 0 Å². The predicted octanol–water partition coefficient (Wildman–Crippen LogP) is 2.13. The SMILES string of the molecule is Oc1cccc2ccc(-n3cccn3)nc12. The van der Waals surface area contributed by atoms with E-state index in [4.69, 9.17) is 0 Å². The maximum Gasteiger partial charge on any atom is 0.154 e. The van der Waals surface area contributed by atoms with Crippen molar-refractivity contribution in [2.24, 2.45) is 0 Å². The number of para-hydroxylation sites is 1. The van der Waals surface area contributed by atoms with Crippen LogP contribution in [0, 0.1) is 0 Å². The van der Waals surface area contributed by atoms with E-state index in [0.717, 1.165) is 5.39 Å². The number of benzene rings is 1. The van der Waals surface area contributed by atoms with E-state index in [1.165, 1.54) is 0 Å². The Hall–Kier alpha value is -2.36. The Labute approximate surface area is 91.8 Å². The van der Waals surface area contributed by atoms with Crippen LogP contribution >= 0.6 is 0 Å². The second-order valence-electron chi connectivity index (χ2n) is 3.47. The van der Waals surface area contributed by atoms with Gasteiger partial charge in [-0.1, -0.05) is 12.1 Å². The van der Waals surface area contributed by atoms with Crippen molar-refractivity contribution in [3.05, 3.63) is 48.8 Å². The highest BCUT2D eigenvalue weighted by Crippen LogP contribution is 2.23. The summed E-state index contributed by atoms with van der Waals surface area (Å²) in [5.74, 6) is 0.880. The van der Waals surface area contributed by atoms with E-state index in [-0.39, 0.29) is 5.75 Å². The first-order valence-corrected chi connectivity index (χ1v) is 4.93. The van der Waals surface area contributed by atoms with Crippen LogP contribution in [0.4, 0.5) is 0 Å². The van der Waals surface area contributed by atoms with Gasteiger partial charge >= 0.3 is 0 Å². The van der Waals surface area contributed by atoms with Gasteiger partial charge < -0.3 is 5.11 Å². The lowest BCUT2D eigenvalue weighted by atomic mass is 10.2. The van der Waals surface area contributed by atoms with Crippen molar-refractivity contribution in [3.63, 3.8) is 0 Å². The third-order valence-electron chi connectivity index (χ3n) is 2.42. The number of fused-ring (bicyclic) bond motifs is 1. The molecular weight excluding hydrogens is 202 g/mol. The summed E-state index contributed by atoms with van der Waals surface area (Å²) in [7, 11) is 0. The van der Waals surface area contributed by atoms with Gasteiger partial charge in [-0.3, -0.25) is 0 Å². The summed E-state index contributed by atoms with van der Waals surface area (Å²) in [5.41, 5.74) is 0.593. The summed E-state index contributed by atoms with van der Waals surface area (Å²) in [6, 6.07) is 11.0. The Morgan fingerprint density at radius 3 is 2.81 bits per heavy atom. The first-order chi connectivity index (χ1) is 7.84. The van der Waals surface area contributed by atoms with Crippen molar-refractivity contribution in [2.45, 2.75) is 0 Å². The van der Waals surface area contributed by atoms with Gasteiger partial charge in [0.25, 0.3) is 0 Å². The van der Waals surface area contributed by atoms with Crippen LogP contribution < -0.4 is 0 Å². The Morgan fingerprint density at radius 2 is 2.00 bits per heavy atom. The molecule has 0 amide bonds. The minimum absolute atomic E-state index is 0.187. The van der Waals surface area contributed by atoms with E-state index in [1.807, 2.05) is 30.5 Å². The molecule has 0 atom stereocenters. The number of phenolic OH excluding ortho intramolecular Hbond substituents is 1. The Balaban J connectivity index is 2.27. The van der Waals surface area contributed by atoms with E-state index in [0.29, 0.717) is 11.3 Å². The summed E-state index contributed by atoms with van der Waals surface area (Å²) in [5, 5.41) is 14.7. The summed E-state index contributed by atoms with van der Waals surface area (Å²) in [4.78, 5) is 4.37. The van der Waals surface area contributed by atoms with Crippen LogP contribution in [0.3, 0.4) is 0 Å². The number of aromatic hydroxyl groups is 1. The van der Waals surface area contributed by atoms with E-state index < -0.39 is 0 Å². The van der Waals surface area contributed by atoms with Gasteiger partial charge in [0, 0.05) is 17.8 Å². The molecule has 0 saturated carbocycles. The zero-order valence-corrected chi connectivity index (χ0v) is 8.41. The van der Waals surface area contributed by atoms with Crippen LogP contribution in [0.2, 0.25) is 0 Å². The summed E-state index contributed by atoms with van der Waals surface area (Å²) >= 11 is 0. The van der Waals surface area contributed by atoms with Crippen LogP contribution in [0.15, 0.2) is 48.8 Å². The molecule has 0 spiro atoms. The number of hydrogen-bond acceptors (Lipinski definition) is 3. The largest absolute Gasteiger partial charge is 0.506 e. The molecule has 0 radical (unpaired) electrons. The van der Waals surface area contributed by atoms with Crippen molar-refractivity contribution in [2.75, 3.05) is 0 Å². The fourth-order valence-electron chi connectivity index (χ4n) is 1.65. The van der Waals surface area contributed by atoms with E-state index >= 15 is 0 Å². The number of aromatic nitrogens is 3. The first-order valence-electron chi connectivity index (χ1n) is 4.93. The van der Waals surface area contributed by atoms with Crippen molar-refractivity contribution < 1.29 is 5.11 Å². The molecule has 0 aliphatic rings. The van der Waals surface area contributed by atoms with Crippen molar-refractivity contribution >= 4 is 10.9 Å². The van der Waals surface area contributed by atoms with Gasteiger partial charge in [-0.25, -0.2) is 9.67 Å². The minimum atomic E-state index is 0.187. The van der Waals surface area contributed by atoms with Crippen molar-refractivity contribution in [1.82, 2.24) is 14.8 Å². The highest BCUT2D eigenvalue weighted by molar-refractivity contribution is 5.84. The average molecular weight is 211 g/mol. The van der Waals surface area contributed by atoms with Gasteiger partial charge in [-0.05, 0) is 24.3 Å². The number of pyridine rings is 1. The zero-order chi connectivity index (χ0) is 11.0. The second-order valence-corrected chi connectivity index (χ2v) is 3.47. The quantitative estimate of drug-likeness (QED) is 0.670. The molecule has 4 heteroatoms. The Kier molecular flexibility index (Phi) is 1.86. The molecule has 0 aliphatic carbocycles. The molecule has 1 aromatic carbocycles. The third-order valence-corrected chi connectivity index (χ3v) is 2.42. The Bertz CT molecular complexity index is 632. The molecule has 4 nitrogen and oxygen atoms in total. The van der Waals surface area contributed by atoms with Crippen molar-refractivity contribution in [1.29, 1.82) is 0 Å². The van der Waals surface area contributed by atoms with Gasteiger partial charge in [0.2, 0.25) is 0 Å². The van der Waals surface area contributed by atoms with Crippen molar-refractivity contribution in [3.8, 4) is 11.6 Å². The number of nitrogens with zero attached hydrogens (tertiary/aromatic N) is 3. The molecule has 0 bridgehead atoms. The summed E-state index contributed by atoms with van der Waals surface area (Å²) in [6.45, 7) is 0. The topological polar surface area (TPSA) is 50.9 Å². The van der Waals surface area contributed by atoms with Crippen LogP contribution in [0.1, 0.15) is 0 Å². The zero-order valence-electron chi connectivity index (χ0n) is 8.41. The lowest BCUT2D eigenvalue weighted by molar-refractivity contribution is 0.480. The highest BCUT2D eigenvalue weighted by Gasteiger charge is 2.03. The fourth-order valence-corrected chi connectivity index (χ4v) is 1.65. The third kappa shape index (κ3) is 1.32. The van der Waals surface area contributed by atoms with Crippen LogP contribution in [0.5, 0.6) is 5.75 Å². The number of rotatable bonds is 1. The van der Waals surface area contributed by atoms with E-state index in [1.54, 1.807) is 23.0 Å². The maximum atomic E-state index is 9.70. The summed E-state index contributed by atoms with van der Waals surface area (Å²) < 4.78 is 1.66. The molecule has 2 heterocycles. The molecule has 3 rings (SSSR count). The minimum Gasteiger partial charge on any atom is -0.506 e. The smallest absolute Gasteiger partial charge is 0.154 e. The molecule has 1 N–H and O–H groups in total. The number of hydrogen-bond donors (Lipinski definition) is 1. The molecule has 78 valence electrons. The lowest BCUT2D eigenvalue weighted by Crippen LogP contribution is -1.97. The lowest BCUT2D eigenvalue weighted by Gasteiger charge is -2.03. The first kappa shape index (κ1) is 8.91. The van der Waals surface area contributed by atoms with Gasteiger partial charge in [0.1, 0.15) is 11.3 Å². The van der Waals surface area contributed by atoms with Gasteiger partial charge in [-0.15, -0.1) is 0 Å². The normalized spacial score (nSPS) is 10.8. The molecule has 0 aliphatic heterocycles. The van der Waals surface area contributed by atoms with E-state index in [2.05, 4.69) is 10.1 Å². The molecule has 3 aromatic rings. The van der Waals surface area contributed by atoms with Crippen LogP contribution in [0.25, 0.3) is 16.7 Å². The summed E-state index contributed by atoms with van der Waals surface area (Å²) in [6.07, 6.45) is 3.50. The second kappa shape index (κ2) is 3.34. The maximum absolute atomic E-state index is 9.70. The predicted molar refractivity (Wildman–Crippen MR) is 60.5 cm³/mol. The monoisotopic (exact) mass is 211 g/mol. The van der Waals surface area contributed by atoms with Crippen LogP contribution in [-0.4, -0.2) is 19.9 Å². The molecule has 0 unspecified atom stereocenters. The number of phenols is 1. The fraction of sp³-hybridized carbons (Fsp3) is 0. The molecular formula is C12H9N3O. The standard InChI is InChI=1S/C12H9N3O/c16-10-4-1-3-9-5-6-11(14-12(9)10)15-8-2-7-13-15/h1-8,16H. The molecule has 0 fully saturated rings. The van der Waals surface area contributed by atoms with Gasteiger partial charge in [0.15, 0.2) is 5.82 Å². The van der Waals surface area contributed by atoms with Crippen LogP contribution in [-0.2, 0) is 0 Å².